The van der Waals surface area contributed by atoms with E-state index in [-0.39, 0.29) is 5.91 Å². The lowest BCUT2D eigenvalue weighted by Gasteiger charge is -2.10. The zero-order chi connectivity index (χ0) is 15.1. The highest BCUT2D eigenvalue weighted by atomic mass is 79.9. The van der Waals surface area contributed by atoms with Gasteiger partial charge in [0.25, 0.3) is 5.91 Å². The van der Waals surface area contributed by atoms with E-state index in [9.17, 15) is 4.79 Å². The number of hydrogen-bond acceptors (Lipinski definition) is 2. The van der Waals surface area contributed by atoms with Crippen LogP contribution in [-0.4, -0.2) is 10.9 Å². The number of aryl methyl sites for hydroxylation is 2. The standard InChI is InChI=1S/C18H13BrN2O/c19-14-8-13(9-20-10-14)18(22)21-16-7-6-12-5-4-11-2-1-3-15(16)17(11)12/h1-3,6-10H,4-5H2,(H,21,22). The van der Waals surface area contributed by atoms with E-state index in [4.69, 9.17) is 0 Å². The summed E-state index contributed by atoms with van der Waals surface area (Å²) >= 11 is 3.34. The lowest BCUT2D eigenvalue weighted by Crippen LogP contribution is -2.12. The highest BCUT2D eigenvalue weighted by molar-refractivity contribution is 9.10. The summed E-state index contributed by atoms with van der Waals surface area (Å²) in [6.45, 7) is 0. The number of amides is 1. The van der Waals surface area contributed by atoms with E-state index < -0.39 is 0 Å². The molecule has 108 valence electrons. The minimum absolute atomic E-state index is 0.146. The monoisotopic (exact) mass is 352 g/mol. The van der Waals surface area contributed by atoms with Crippen molar-refractivity contribution in [3.05, 3.63) is 70.0 Å². The summed E-state index contributed by atoms with van der Waals surface area (Å²) in [6.07, 6.45) is 5.40. The first kappa shape index (κ1) is 13.5. The molecule has 0 spiro atoms. The van der Waals surface area contributed by atoms with Crippen molar-refractivity contribution < 1.29 is 4.79 Å². The third-order valence-corrected chi connectivity index (χ3v) is 4.53. The molecule has 0 saturated heterocycles. The van der Waals surface area contributed by atoms with Crippen LogP contribution in [0.5, 0.6) is 0 Å². The minimum atomic E-state index is -0.146. The molecule has 0 bridgehead atoms. The molecule has 1 amide bonds. The van der Waals surface area contributed by atoms with Crippen LogP contribution in [0.25, 0.3) is 10.8 Å². The van der Waals surface area contributed by atoms with Crippen molar-refractivity contribution in [3.8, 4) is 0 Å². The Hall–Kier alpha value is -2.20. The highest BCUT2D eigenvalue weighted by Gasteiger charge is 2.17. The Morgan fingerprint density at radius 2 is 1.91 bits per heavy atom. The van der Waals surface area contributed by atoms with Gasteiger partial charge in [0.1, 0.15) is 0 Å². The predicted octanol–water partition coefficient (Wildman–Crippen LogP) is 4.35. The molecule has 22 heavy (non-hydrogen) atoms. The first-order valence-electron chi connectivity index (χ1n) is 7.18. The molecule has 1 heterocycles. The van der Waals surface area contributed by atoms with Crippen LogP contribution in [0.3, 0.4) is 0 Å². The number of carbonyl (C=O) groups excluding carboxylic acids is 1. The van der Waals surface area contributed by atoms with Crippen molar-refractivity contribution in [2.75, 3.05) is 5.32 Å². The molecule has 0 fully saturated rings. The second kappa shape index (κ2) is 5.21. The largest absolute Gasteiger partial charge is 0.321 e. The highest BCUT2D eigenvalue weighted by Crippen LogP contribution is 2.35. The Morgan fingerprint density at radius 1 is 1.09 bits per heavy atom. The minimum Gasteiger partial charge on any atom is -0.321 e. The van der Waals surface area contributed by atoms with Crippen LogP contribution in [-0.2, 0) is 12.8 Å². The van der Waals surface area contributed by atoms with Gasteiger partial charge in [0, 0.05) is 27.9 Å². The normalized spacial score (nSPS) is 12.6. The molecule has 4 rings (SSSR count). The van der Waals surface area contributed by atoms with Crippen molar-refractivity contribution in [2.45, 2.75) is 12.8 Å². The van der Waals surface area contributed by atoms with Crippen LogP contribution >= 0.6 is 15.9 Å². The number of nitrogens with one attached hydrogen (secondary N) is 1. The van der Waals surface area contributed by atoms with Gasteiger partial charge in [-0.25, -0.2) is 0 Å². The quantitative estimate of drug-likeness (QED) is 0.744. The van der Waals surface area contributed by atoms with Gasteiger partial charge in [0.2, 0.25) is 0 Å². The maximum absolute atomic E-state index is 12.4. The number of carbonyl (C=O) groups is 1. The predicted molar refractivity (Wildman–Crippen MR) is 91.2 cm³/mol. The van der Waals surface area contributed by atoms with Gasteiger partial charge >= 0.3 is 0 Å². The first-order chi connectivity index (χ1) is 10.7. The smallest absolute Gasteiger partial charge is 0.257 e. The molecule has 0 radical (unpaired) electrons. The van der Waals surface area contributed by atoms with Crippen molar-refractivity contribution in [1.82, 2.24) is 4.98 Å². The second-order valence-corrected chi connectivity index (χ2v) is 6.37. The van der Waals surface area contributed by atoms with E-state index in [2.05, 4.69) is 50.5 Å². The SMILES string of the molecule is O=C(Nc1ccc2c3c(cccc13)CC2)c1cncc(Br)c1. The molecular formula is C18H13BrN2O. The Morgan fingerprint density at radius 3 is 2.73 bits per heavy atom. The van der Waals surface area contributed by atoms with Crippen molar-refractivity contribution in [3.63, 3.8) is 0 Å². The number of benzene rings is 2. The molecule has 3 aromatic rings. The van der Waals surface area contributed by atoms with Crippen LogP contribution in [0.15, 0.2) is 53.3 Å². The summed E-state index contributed by atoms with van der Waals surface area (Å²) in [5, 5.41) is 5.42. The zero-order valence-corrected chi connectivity index (χ0v) is 13.4. The molecule has 0 saturated carbocycles. The van der Waals surface area contributed by atoms with Crippen molar-refractivity contribution >= 4 is 38.3 Å². The fraction of sp³-hybridized carbons (Fsp3) is 0.111. The third kappa shape index (κ3) is 2.20. The Labute approximate surface area is 136 Å². The lowest BCUT2D eigenvalue weighted by molar-refractivity contribution is 0.102. The maximum atomic E-state index is 12.4. The molecule has 2 aromatic carbocycles. The lowest BCUT2D eigenvalue weighted by atomic mass is 10.0. The summed E-state index contributed by atoms with van der Waals surface area (Å²) in [7, 11) is 0. The average molecular weight is 353 g/mol. The molecular weight excluding hydrogens is 340 g/mol. The molecule has 1 aliphatic carbocycles. The number of nitrogens with zero attached hydrogens (tertiary/aromatic N) is 1. The zero-order valence-electron chi connectivity index (χ0n) is 11.8. The van der Waals surface area contributed by atoms with Gasteiger partial charge in [0.05, 0.1) is 5.56 Å². The number of hydrogen-bond donors (Lipinski definition) is 1. The fourth-order valence-electron chi connectivity index (χ4n) is 3.09. The molecule has 1 N–H and O–H groups in total. The number of halogens is 1. The molecule has 0 atom stereocenters. The molecule has 0 unspecified atom stereocenters. The Kier molecular flexibility index (Phi) is 3.19. The van der Waals surface area contributed by atoms with Crippen LogP contribution in [0, 0.1) is 0 Å². The third-order valence-electron chi connectivity index (χ3n) is 4.09. The van der Waals surface area contributed by atoms with E-state index in [1.807, 2.05) is 6.07 Å². The number of aromatic nitrogens is 1. The van der Waals surface area contributed by atoms with Crippen molar-refractivity contribution in [2.24, 2.45) is 0 Å². The molecule has 0 aliphatic heterocycles. The van der Waals surface area contributed by atoms with Crippen LogP contribution in [0.4, 0.5) is 5.69 Å². The van der Waals surface area contributed by atoms with Gasteiger partial charge in [-0.2, -0.15) is 0 Å². The Bertz CT molecular complexity index is 894. The number of rotatable bonds is 2. The van der Waals surface area contributed by atoms with E-state index in [1.165, 1.54) is 16.5 Å². The topological polar surface area (TPSA) is 42.0 Å². The molecule has 1 aliphatic rings. The van der Waals surface area contributed by atoms with Gasteiger partial charge in [-0.05, 0) is 57.4 Å². The van der Waals surface area contributed by atoms with E-state index in [0.717, 1.165) is 28.4 Å². The van der Waals surface area contributed by atoms with Gasteiger partial charge in [-0.1, -0.05) is 24.3 Å². The van der Waals surface area contributed by atoms with Crippen LogP contribution in [0.1, 0.15) is 21.5 Å². The summed E-state index contributed by atoms with van der Waals surface area (Å²) in [4.78, 5) is 16.5. The fourth-order valence-corrected chi connectivity index (χ4v) is 3.45. The number of pyridine rings is 1. The summed E-state index contributed by atoms with van der Waals surface area (Å²) < 4.78 is 0.792. The van der Waals surface area contributed by atoms with Gasteiger partial charge in [-0.3, -0.25) is 9.78 Å². The molecule has 1 aromatic heterocycles. The van der Waals surface area contributed by atoms with E-state index >= 15 is 0 Å². The Balaban J connectivity index is 1.75. The van der Waals surface area contributed by atoms with Gasteiger partial charge in [0.15, 0.2) is 0 Å². The summed E-state index contributed by atoms with van der Waals surface area (Å²) in [6, 6.07) is 12.2. The van der Waals surface area contributed by atoms with Crippen molar-refractivity contribution in [1.29, 1.82) is 0 Å². The van der Waals surface area contributed by atoms with E-state index in [1.54, 1.807) is 18.5 Å². The van der Waals surface area contributed by atoms with Crippen LogP contribution in [0.2, 0.25) is 0 Å². The van der Waals surface area contributed by atoms with E-state index in [0.29, 0.717) is 5.56 Å². The van der Waals surface area contributed by atoms with Gasteiger partial charge in [-0.15, -0.1) is 0 Å². The summed E-state index contributed by atoms with van der Waals surface area (Å²) in [5.41, 5.74) is 4.13. The maximum Gasteiger partial charge on any atom is 0.257 e. The first-order valence-corrected chi connectivity index (χ1v) is 7.97. The summed E-state index contributed by atoms with van der Waals surface area (Å²) in [5.74, 6) is -0.146. The molecule has 4 heteroatoms. The molecule has 3 nitrogen and oxygen atoms in total. The number of anilines is 1. The van der Waals surface area contributed by atoms with Crippen LogP contribution < -0.4 is 5.32 Å². The second-order valence-electron chi connectivity index (χ2n) is 5.46. The average Bonchev–Trinajstić information content (AvgIpc) is 2.95. The van der Waals surface area contributed by atoms with Gasteiger partial charge < -0.3 is 5.32 Å².